The fraction of sp³-hybridized carbons (Fsp3) is 0.192. The topological polar surface area (TPSA) is 78.3 Å². The predicted molar refractivity (Wildman–Crippen MR) is 126 cm³/mol. The molecule has 2 heterocycles. The molecule has 0 saturated heterocycles. The van der Waals surface area contributed by atoms with Crippen LogP contribution in [0, 0.1) is 0 Å². The molecule has 0 saturated carbocycles. The van der Waals surface area contributed by atoms with Crippen LogP contribution < -0.4 is 14.8 Å². The SMILES string of the molecule is CCc1c(C(=O)NCc2ccc(Oc3cccc(OC)c3)nc2)cnn1Cc1ccccc1. The first kappa shape index (κ1) is 22.1. The highest BCUT2D eigenvalue weighted by Crippen LogP contribution is 2.23. The van der Waals surface area contributed by atoms with Crippen LogP contribution in [0.15, 0.2) is 79.1 Å². The number of methoxy groups -OCH3 is 1. The molecule has 7 nitrogen and oxygen atoms in total. The van der Waals surface area contributed by atoms with Gasteiger partial charge in [-0.2, -0.15) is 5.10 Å². The molecule has 0 fully saturated rings. The van der Waals surface area contributed by atoms with Gasteiger partial charge in [-0.3, -0.25) is 9.48 Å². The van der Waals surface area contributed by atoms with Gasteiger partial charge in [0.25, 0.3) is 5.91 Å². The second-order valence-corrected chi connectivity index (χ2v) is 7.47. The molecule has 0 spiro atoms. The van der Waals surface area contributed by atoms with Crippen molar-refractivity contribution in [3.05, 3.63) is 102 Å². The highest BCUT2D eigenvalue weighted by Gasteiger charge is 2.16. The molecule has 168 valence electrons. The van der Waals surface area contributed by atoms with E-state index in [1.807, 2.05) is 54.1 Å². The predicted octanol–water partition coefficient (Wildman–Crippen LogP) is 4.62. The van der Waals surface area contributed by atoms with Crippen molar-refractivity contribution in [2.45, 2.75) is 26.4 Å². The Morgan fingerprint density at radius 2 is 1.79 bits per heavy atom. The number of nitrogens with one attached hydrogen (secondary N) is 1. The van der Waals surface area contributed by atoms with E-state index in [1.54, 1.807) is 31.6 Å². The number of carbonyl (C=O) groups is 1. The molecule has 4 rings (SSSR count). The summed E-state index contributed by atoms with van der Waals surface area (Å²) in [5, 5.41) is 7.40. The molecule has 7 heteroatoms. The molecule has 4 aromatic rings. The molecule has 0 atom stereocenters. The van der Waals surface area contributed by atoms with Crippen LogP contribution in [0.5, 0.6) is 17.4 Å². The summed E-state index contributed by atoms with van der Waals surface area (Å²) < 4.78 is 12.9. The minimum Gasteiger partial charge on any atom is -0.497 e. The lowest BCUT2D eigenvalue weighted by Crippen LogP contribution is -2.24. The summed E-state index contributed by atoms with van der Waals surface area (Å²) in [5.41, 5.74) is 3.52. The summed E-state index contributed by atoms with van der Waals surface area (Å²) in [6, 6.07) is 21.1. The van der Waals surface area contributed by atoms with E-state index in [0.717, 1.165) is 16.8 Å². The van der Waals surface area contributed by atoms with Crippen molar-refractivity contribution >= 4 is 5.91 Å². The number of hydrogen-bond donors (Lipinski definition) is 1. The van der Waals surface area contributed by atoms with Crippen molar-refractivity contribution in [2.75, 3.05) is 7.11 Å². The Morgan fingerprint density at radius 3 is 2.52 bits per heavy atom. The smallest absolute Gasteiger partial charge is 0.255 e. The van der Waals surface area contributed by atoms with E-state index < -0.39 is 0 Å². The van der Waals surface area contributed by atoms with E-state index in [9.17, 15) is 4.79 Å². The minimum atomic E-state index is -0.150. The van der Waals surface area contributed by atoms with Crippen LogP contribution in [0.2, 0.25) is 0 Å². The van der Waals surface area contributed by atoms with E-state index in [4.69, 9.17) is 9.47 Å². The number of nitrogens with zero attached hydrogens (tertiary/aromatic N) is 3. The van der Waals surface area contributed by atoms with Crippen LogP contribution in [-0.2, 0) is 19.5 Å². The van der Waals surface area contributed by atoms with E-state index in [0.29, 0.717) is 42.5 Å². The molecule has 33 heavy (non-hydrogen) atoms. The Labute approximate surface area is 193 Å². The minimum absolute atomic E-state index is 0.150. The van der Waals surface area contributed by atoms with Gasteiger partial charge in [0.1, 0.15) is 11.5 Å². The summed E-state index contributed by atoms with van der Waals surface area (Å²) in [6.45, 7) is 3.02. The zero-order valence-electron chi connectivity index (χ0n) is 18.7. The van der Waals surface area contributed by atoms with Crippen LogP contribution in [-0.4, -0.2) is 27.8 Å². The Morgan fingerprint density at radius 1 is 0.970 bits per heavy atom. The van der Waals surface area contributed by atoms with Crippen LogP contribution in [0.1, 0.15) is 34.1 Å². The van der Waals surface area contributed by atoms with E-state index in [-0.39, 0.29) is 5.91 Å². The van der Waals surface area contributed by atoms with Gasteiger partial charge in [-0.05, 0) is 29.7 Å². The van der Waals surface area contributed by atoms with Crippen LogP contribution in [0.25, 0.3) is 0 Å². The number of ether oxygens (including phenoxy) is 2. The number of amides is 1. The maximum atomic E-state index is 12.8. The second-order valence-electron chi connectivity index (χ2n) is 7.47. The number of pyridine rings is 1. The number of rotatable bonds is 9. The van der Waals surface area contributed by atoms with Gasteiger partial charge >= 0.3 is 0 Å². The summed E-state index contributed by atoms with van der Waals surface area (Å²) in [7, 11) is 1.61. The molecular formula is C26H26N4O3. The van der Waals surface area contributed by atoms with Crippen molar-refractivity contribution in [1.29, 1.82) is 0 Å². The lowest BCUT2D eigenvalue weighted by molar-refractivity contribution is 0.0950. The lowest BCUT2D eigenvalue weighted by Gasteiger charge is -2.09. The van der Waals surface area contributed by atoms with Gasteiger partial charge in [0.15, 0.2) is 0 Å². The first-order chi connectivity index (χ1) is 16.2. The second kappa shape index (κ2) is 10.5. The first-order valence-electron chi connectivity index (χ1n) is 10.8. The Bertz CT molecular complexity index is 1200. The van der Waals surface area contributed by atoms with Crippen LogP contribution >= 0.6 is 0 Å². The summed E-state index contributed by atoms with van der Waals surface area (Å²) in [5.74, 6) is 1.67. The fourth-order valence-corrected chi connectivity index (χ4v) is 3.50. The number of benzene rings is 2. The van der Waals surface area contributed by atoms with Crippen molar-refractivity contribution in [2.24, 2.45) is 0 Å². The van der Waals surface area contributed by atoms with Gasteiger partial charge in [-0.15, -0.1) is 0 Å². The monoisotopic (exact) mass is 442 g/mol. The highest BCUT2D eigenvalue weighted by atomic mass is 16.5. The quantitative estimate of drug-likeness (QED) is 0.409. The molecule has 0 unspecified atom stereocenters. The summed E-state index contributed by atoms with van der Waals surface area (Å²) >= 11 is 0. The third-order valence-corrected chi connectivity index (χ3v) is 5.22. The van der Waals surface area contributed by atoms with Gasteiger partial charge in [0.2, 0.25) is 5.88 Å². The normalized spacial score (nSPS) is 10.6. The first-order valence-corrected chi connectivity index (χ1v) is 10.8. The lowest BCUT2D eigenvalue weighted by atomic mass is 10.1. The van der Waals surface area contributed by atoms with E-state index in [1.165, 1.54) is 0 Å². The zero-order chi connectivity index (χ0) is 23.0. The Kier molecular flexibility index (Phi) is 6.99. The van der Waals surface area contributed by atoms with Gasteiger partial charge < -0.3 is 14.8 Å². The van der Waals surface area contributed by atoms with Gasteiger partial charge in [0.05, 0.1) is 31.1 Å². The highest BCUT2D eigenvalue weighted by molar-refractivity contribution is 5.95. The molecule has 0 radical (unpaired) electrons. The summed E-state index contributed by atoms with van der Waals surface area (Å²) in [6.07, 6.45) is 4.04. The largest absolute Gasteiger partial charge is 0.497 e. The van der Waals surface area contributed by atoms with Crippen LogP contribution in [0.3, 0.4) is 0 Å². The van der Waals surface area contributed by atoms with Crippen LogP contribution in [0.4, 0.5) is 0 Å². The molecule has 1 N–H and O–H groups in total. The molecule has 0 bridgehead atoms. The molecule has 0 aliphatic rings. The molecule has 0 aliphatic heterocycles. The standard InChI is InChI=1S/C26H26N4O3/c1-3-24-23(17-29-30(24)18-19-8-5-4-6-9-19)26(31)28-16-20-12-13-25(27-15-20)33-22-11-7-10-21(14-22)32-2/h4-15,17H,3,16,18H2,1-2H3,(H,28,31). The number of hydrogen-bond acceptors (Lipinski definition) is 5. The summed E-state index contributed by atoms with van der Waals surface area (Å²) in [4.78, 5) is 17.1. The van der Waals surface area contributed by atoms with Crippen molar-refractivity contribution in [3.8, 4) is 17.4 Å². The van der Waals surface area contributed by atoms with Gasteiger partial charge in [-0.1, -0.05) is 49.4 Å². The number of aromatic nitrogens is 3. The maximum absolute atomic E-state index is 12.8. The molecule has 0 aliphatic carbocycles. The third-order valence-electron chi connectivity index (χ3n) is 5.22. The maximum Gasteiger partial charge on any atom is 0.255 e. The zero-order valence-corrected chi connectivity index (χ0v) is 18.7. The van der Waals surface area contributed by atoms with Gasteiger partial charge in [-0.25, -0.2) is 4.98 Å². The molecule has 2 aromatic carbocycles. The van der Waals surface area contributed by atoms with E-state index in [2.05, 4.69) is 27.5 Å². The Balaban J connectivity index is 1.36. The number of carbonyl (C=O) groups excluding carboxylic acids is 1. The van der Waals surface area contributed by atoms with Crippen molar-refractivity contribution < 1.29 is 14.3 Å². The molecule has 2 aromatic heterocycles. The van der Waals surface area contributed by atoms with E-state index >= 15 is 0 Å². The average molecular weight is 443 g/mol. The molecule has 1 amide bonds. The Hall–Kier alpha value is -4.13. The third kappa shape index (κ3) is 5.57. The van der Waals surface area contributed by atoms with Crippen molar-refractivity contribution in [1.82, 2.24) is 20.1 Å². The van der Waals surface area contributed by atoms with Gasteiger partial charge in [0, 0.05) is 24.9 Å². The average Bonchev–Trinajstić information content (AvgIpc) is 3.26. The van der Waals surface area contributed by atoms with Crippen molar-refractivity contribution in [3.63, 3.8) is 0 Å². The fourth-order valence-electron chi connectivity index (χ4n) is 3.50. The molecular weight excluding hydrogens is 416 g/mol.